The number of hydrogen-bond donors (Lipinski definition) is 0. The monoisotopic (exact) mass is 360 g/mol. The molecule has 4 nitrogen and oxygen atoms in total. The minimum Gasteiger partial charge on any atom is -0.465 e. The number of carbonyl (C=O) groups excluding carboxylic acids is 1. The molecule has 0 saturated heterocycles. The topological polar surface area (TPSA) is 51.0 Å². The normalized spacial score (nSPS) is 19.1. The second-order valence-corrected chi connectivity index (χ2v) is 6.89. The van der Waals surface area contributed by atoms with E-state index in [9.17, 15) is 4.79 Å². The Morgan fingerprint density at radius 1 is 1.15 bits per heavy atom. The van der Waals surface area contributed by atoms with E-state index in [1.165, 1.54) is 0 Å². The fourth-order valence-corrected chi connectivity index (χ4v) is 2.99. The van der Waals surface area contributed by atoms with Gasteiger partial charge in [0, 0.05) is 5.56 Å². The summed E-state index contributed by atoms with van der Waals surface area (Å²) in [6.07, 6.45) is 6.56. The Hall–Kier alpha value is -3.01. The highest BCUT2D eigenvalue weighted by molar-refractivity contribution is 5.86. The lowest BCUT2D eigenvalue weighted by Gasteiger charge is -2.25. The van der Waals surface area contributed by atoms with Crippen molar-refractivity contribution < 1.29 is 9.53 Å². The van der Waals surface area contributed by atoms with E-state index in [4.69, 9.17) is 4.74 Å². The van der Waals surface area contributed by atoms with Crippen molar-refractivity contribution in [3.05, 3.63) is 77.9 Å². The first-order valence-electron chi connectivity index (χ1n) is 9.16. The van der Waals surface area contributed by atoms with Crippen LogP contribution in [0.4, 0.5) is 11.4 Å². The van der Waals surface area contributed by atoms with E-state index in [1.54, 1.807) is 0 Å². The Morgan fingerprint density at radius 3 is 2.67 bits per heavy atom. The van der Waals surface area contributed by atoms with Gasteiger partial charge in [0.2, 0.25) is 0 Å². The molecule has 3 rings (SSSR count). The molecule has 1 atom stereocenters. The van der Waals surface area contributed by atoms with Crippen molar-refractivity contribution in [1.29, 1.82) is 0 Å². The van der Waals surface area contributed by atoms with Crippen LogP contribution in [0.5, 0.6) is 0 Å². The van der Waals surface area contributed by atoms with Gasteiger partial charge in [-0.25, -0.2) is 0 Å². The second-order valence-electron chi connectivity index (χ2n) is 6.89. The van der Waals surface area contributed by atoms with E-state index in [0.717, 1.165) is 28.1 Å². The summed E-state index contributed by atoms with van der Waals surface area (Å²) in [5.74, 6) is -0.191. The number of aryl methyl sites for hydroxylation is 1. The van der Waals surface area contributed by atoms with Crippen LogP contribution in [0, 0.1) is 12.3 Å². The van der Waals surface area contributed by atoms with Crippen LogP contribution in [0.3, 0.4) is 0 Å². The van der Waals surface area contributed by atoms with Crippen molar-refractivity contribution >= 4 is 22.9 Å². The molecule has 0 heterocycles. The highest BCUT2D eigenvalue weighted by Crippen LogP contribution is 2.37. The molecule has 0 aliphatic heterocycles. The summed E-state index contributed by atoms with van der Waals surface area (Å²) in [4.78, 5) is 12.2. The van der Waals surface area contributed by atoms with Crippen molar-refractivity contribution in [2.45, 2.75) is 27.2 Å². The summed E-state index contributed by atoms with van der Waals surface area (Å²) >= 11 is 0. The van der Waals surface area contributed by atoms with Crippen LogP contribution in [0.15, 0.2) is 77.0 Å². The molecule has 1 unspecified atom stereocenters. The van der Waals surface area contributed by atoms with Gasteiger partial charge in [-0.1, -0.05) is 48.6 Å². The molecule has 1 aliphatic carbocycles. The van der Waals surface area contributed by atoms with Crippen molar-refractivity contribution in [3.8, 4) is 0 Å². The average molecular weight is 360 g/mol. The lowest BCUT2D eigenvalue weighted by molar-refractivity contribution is -0.151. The van der Waals surface area contributed by atoms with Crippen molar-refractivity contribution in [2.75, 3.05) is 6.61 Å². The maximum absolute atomic E-state index is 12.2. The Morgan fingerprint density at radius 2 is 1.96 bits per heavy atom. The molecule has 0 spiro atoms. The fourth-order valence-electron chi connectivity index (χ4n) is 2.99. The van der Waals surface area contributed by atoms with Crippen LogP contribution >= 0.6 is 0 Å². The molecular formula is C23H24N2O2. The number of azo groups is 1. The average Bonchev–Trinajstić information content (AvgIpc) is 2.68. The molecule has 27 heavy (non-hydrogen) atoms. The van der Waals surface area contributed by atoms with Gasteiger partial charge in [-0.3, -0.25) is 4.79 Å². The van der Waals surface area contributed by atoms with Crippen molar-refractivity contribution in [1.82, 2.24) is 0 Å². The van der Waals surface area contributed by atoms with Gasteiger partial charge in [-0.15, -0.1) is 5.11 Å². The molecule has 0 radical (unpaired) electrons. The summed E-state index contributed by atoms with van der Waals surface area (Å²) in [6.45, 7) is 6.15. The number of esters is 1. The van der Waals surface area contributed by atoms with Crippen LogP contribution in [0.1, 0.15) is 31.4 Å². The summed E-state index contributed by atoms with van der Waals surface area (Å²) in [5.41, 5.74) is 4.20. The Balaban J connectivity index is 1.84. The first-order chi connectivity index (χ1) is 13.0. The second kappa shape index (κ2) is 8.12. The van der Waals surface area contributed by atoms with Gasteiger partial charge >= 0.3 is 5.97 Å². The minimum absolute atomic E-state index is 0.191. The Labute approximate surface area is 160 Å². The number of hydrogen-bond acceptors (Lipinski definition) is 4. The van der Waals surface area contributed by atoms with E-state index in [0.29, 0.717) is 13.0 Å². The van der Waals surface area contributed by atoms with Gasteiger partial charge in [0.1, 0.15) is 0 Å². The molecule has 2 aromatic carbocycles. The maximum atomic E-state index is 12.2. The number of nitrogens with zero attached hydrogens (tertiary/aromatic N) is 2. The molecule has 0 bridgehead atoms. The van der Waals surface area contributed by atoms with Crippen LogP contribution in [0.2, 0.25) is 0 Å². The third-order valence-electron chi connectivity index (χ3n) is 4.61. The molecule has 0 saturated carbocycles. The first-order valence-corrected chi connectivity index (χ1v) is 9.16. The Kier molecular flexibility index (Phi) is 5.65. The highest BCUT2D eigenvalue weighted by atomic mass is 16.5. The van der Waals surface area contributed by atoms with Gasteiger partial charge in [0.05, 0.1) is 23.4 Å². The van der Waals surface area contributed by atoms with E-state index in [2.05, 4.69) is 16.3 Å². The number of rotatable bonds is 5. The Bertz CT molecular complexity index is 927. The summed E-state index contributed by atoms with van der Waals surface area (Å²) in [7, 11) is 0. The fraction of sp³-hybridized carbons (Fsp3) is 0.261. The van der Waals surface area contributed by atoms with Gasteiger partial charge in [-0.05, 0) is 56.5 Å². The zero-order valence-corrected chi connectivity index (χ0v) is 16.0. The van der Waals surface area contributed by atoms with Crippen molar-refractivity contribution in [2.24, 2.45) is 15.6 Å². The van der Waals surface area contributed by atoms with Crippen LogP contribution in [0.25, 0.3) is 5.57 Å². The summed E-state index contributed by atoms with van der Waals surface area (Å²) in [5, 5.41) is 8.83. The molecule has 4 heteroatoms. The third kappa shape index (κ3) is 4.40. The third-order valence-corrected chi connectivity index (χ3v) is 4.61. The molecule has 0 aromatic heterocycles. The van der Waals surface area contributed by atoms with E-state index >= 15 is 0 Å². The minimum atomic E-state index is -0.614. The lowest BCUT2D eigenvalue weighted by atomic mass is 9.80. The standard InChI is InChI=1S/C23H24N2O2/c1-4-27-22(26)23(3)14-12-18(13-15-23)20-10-5-6-11-21(20)25-24-19-9-7-8-17(2)16-19/h5-14,16H,4,15H2,1-3H3. The zero-order valence-electron chi connectivity index (χ0n) is 16.0. The quantitative estimate of drug-likeness (QED) is 0.462. The molecule has 0 amide bonds. The lowest BCUT2D eigenvalue weighted by Crippen LogP contribution is -2.28. The molecular weight excluding hydrogens is 336 g/mol. The van der Waals surface area contributed by atoms with Gasteiger partial charge < -0.3 is 4.74 Å². The molecule has 138 valence electrons. The number of benzene rings is 2. The molecule has 1 aliphatic rings. The number of ether oxygens (including phenoxy) is 1. The zero-order chi connectivity index (χ0) is 19.3. The van der Waals surface area contributed by atoms with Crippen molar-refractivity contribution in [3.63, 3.8) is 0 Å². The highest BCUT2D eigenvalue weighted by Gasteiger charge is 2.33. The van der Waals surface area contributed by atoms with Crippen LogP contribution in [-0.2, 0) is 9.53 Å². The predicted molar refractivity (Wildman–Crippen MR) is 108 cm³/mol. The van der Waals surface area contributed by atoms with Gasteiger partial charge in [0.15, 0.2) is 0 Å². The van der Waals surface area contributed by atoms with Crippen LogP contribution < -0.4 is 0 Å². The van der Waals surface area contributed by atoms with Crippen LogP contribution in [-0.4, -0.2) is 12.6 Å². The molecule has 0 N–H and O–H groups in total. The summed E-state index contributed by atoms with van der Waals surface area (Å²) in [6, 6.07) is 15.8. The van der Waals surface area contributed by atoms with Gasteiger partial charge in [0.25, 0.3) is 0 Å². The van der Waals surface area contributed by atoms with Gasteiger partial charge in [-0.2, -0.15) is 5.11 Å². The maximum Gasteiger partial charge on any atom is 0.315 e. The summed E-state index contributed by atoms with van der Waals surface area (Å²) < 4.78 is 5.19. The largest absolute Gasteiger partial charge is 0.465 e. The molecule has 2 aromatic rings. The predicted octanol–water partition coefficient (Wildman–Crippen LogP) is 6.32. The SMILES string of the molecule is CCOC(=O)C1(C)C=CC(c2ccccc2N=Nc2cccc(C)c2)=CC1. The van der Waals surface area contributed by atoms with E-state index in [1.807, 2.05) is 81.5 Å². The molecule has 0 fully saturated rings. The van der Waals surface area contributed by atoms with E-state index in [-0.39, 0.29) is 5.97 Å². The number of allylic oxidation sites excluding steroid dienone is 3. The number of carbonyl (C=O) groups is 1. The van der Waals surface area contributed by atoms with E-state index < -0.39 is 5.41 Å². The smallest absolute Gasteiger partial charge is 0.315 e. The first kappa shape index (κ1) is 18.8.